The van der Waals surface area contributed by atoms with Gasteiger partial charge in [-0.1, -0.05) is 24.3 Å². The molecule has 4 rings (SSSR count). The second-order valence-electron chi connectivity index (χ2n) is 5.63. The first-order chi connectivity index (χ1) is 10.3. The largest absolute Gasteiger partial charge is 0.398 e. The smallest absolute Gasteiger partial charge is 0.0444 e. The molecule has 2 aromatic carbocycles. The Kier molecular flexibility index (Phi) is 3.08. The maximum Gasteiger partial charge on any atom is 0.0444 e. The lowest BCUT2D eigenvalue weighted by molar-refractivity contribution is 0.695. The molecular formula is C18H18N2S. The predicted octanol–water partition coefficient (Wildman–Crippen LogP) is 4.44. The molecule has 0 radical (unpaired) electrons. The van der Waals surface area contributed by atoms with Crippen LogP contribution in [0, 0.1) is 0 Å². The fraction of sp³-hybridized carbons (Fsp3) is 0.222. The molecule has 106 valence electrons. The van der Waals surface area contributed by atoms with E-state index >= 15 is 0 Å². The Morgan fingerprint density at radius 2 is 2.00 bits per heavy atom. The fourth-order valence-electron chi connectivity index (χ4n) is 3.25. The third-order valence-electron chi connectivity index (χ3n) is 4.31. The molecular weight excluding hydrogens is 276 g/mol. The van der Waals surface area contributed by atoms with Crippen LogP contribution in [0.2, 0.25) is 0 Å². The van der Waals surface area contributed by atoms with Crippen LogP contribution in [-0.4, -0.2) is 6.54 Å². The van der Waals surface area contributed by atoms with Gasteiger partial charge in [0.2, 0.25) is 0 Å². The topological polar surface area (TPSA) is 29.3 Å². The highest BCUT2D eigenvalue weighted by Gasteiger charge is 2.19. The number of benzene rings is 2. The van der Waals surface area contributed by atoms with Gasteiger partial charge in [0, 0.05) is 29.2 Å². The van der Waals surface area contributed by atoms with Crippen molar-refractivity contribution in [1.29, 1.82) is 0 Å². The molecule has 0 aliphatic carbocycles. The molecule has 1 aliphatic rings. The van der Waals surface area contributed by atoms with Gasteiger partial charge in [-0.15, -0.1) is 11.3 Å². The van der Waals surface area contributed by atoms with E-state index in [-0.39, 0.29) is 0 Å². The van der Waals surface area contributed by atoms with E-state index in [2.05, 4.69) is 46.7 Å². The zero-order chi connectivity index (χ0) is 14.2. The lowest BCUT2D eigenvalue weighted by atomic mass is 9.99. The van der Waals surface area contributed by atoms with Crippen LogP contribution in [0.15, 0.2) is 47.8 Å². The van der Waals surface area contributed by atoms with Crippen molar-refractivity contribution in [3.05, 3.63) is 59.0 Å². The summed E-state index contributed by atoms with van der Waals surface area (Å²) in [5.41, 5.74) is 11.1. The number of anilines is 2. The highest BCUT2D eigenvalue weighted by molar-refractivity contribution is 7.17. The van der Waals surface area contributed by atoms with Crippen LogP contribution in [0.25, 0.3) is 10.1 Å². The van der Waals surface area contributed by atoms with Gasteiger partial charge < -0.3 is 10.6 Å². The lowest BCUT2D eigenvalue weighted by Gasteiger charge is -2.32. The maximum absolute atomic E-state index is 6.14. The highest BCUT2D eigenvalue weighted by atomic mass is 32.1. The minimum atomic E-state index is 0.937. The van der Waals surface area contributed by atoms with Crippen molar-refractivity contribution in [2.24, 2.45) is 0 Å². The molecule has 2 N–H and O–H groups in total. The molecule has 0 amide bonds. The van der Waals surface area contributed by atoms with Gasteiger partial charge in [-0.3, -0.25) is 0 Å². The summed E-state index contributed by atoms with van der Waals surface area (Å²) in [5.74, 6) is 0. The van der Waals surface area contributed by atoms with Crippen molar-refractivity contribution in [2.45, 2.75) is 19.4 Å². The van der Waals surface area contributed by atoms with Gasteiger partial charge in [0.05, 0.1) is 0 Å². The number of hydrogen-bond donors (Lipinski definition) is 1. The molecule has 0 unspecified atom stereocenters. The molecule has 3 heteroatoms. The van der Waals surface area contributed by atoms with Crippen LogP contribution >= 0.6 is 11.3 Å². The van der Waals surface area contributed by atoms with Crippen LogP contribution in [0.3, 0.4) is 0 Å². The minimum Gasteiger partial charge on any atom is -0.398 e. The molecule has 0 saturated carbocycles. The fourth-order valence-corrected chi connectivity index (χ4v) is 4.21. The molecule has 2 heterocycles. The summed E-state index contributed by atoms with van der Waals surface area (Å²) in [4.78, 5) is 2.48. The lowest BCUT2D eigenvalue weighted by Crippen LogP contribution is -2.29. The third-order valence-corrected chi connectivity index (χ3v) is 5.32. The second kappa shape index (κ2) is 5.08. The highest BCUT2D eigenvalue weighted by Crippen LogP contribution is 2.34. The van der Waals surface area contributed by atoms with E-state index < -0.39 is 0 Å². The van der Waals surface area contributed by atoms with Gasteiger partial charge in [0.25, 0.3) is 0 Å². The van der Waals surface area contributed by atoms with Crippen molar-refractivity contribution in [3.63, 3.8) is 0 Å². The zero-order valence-corrected chi connectivity index (χ0v) is 12.7. The van der Waals surface area contributed by atoms with Crippen LogP contribution in [-0.2, 0) is 13.0 Å². The van der Waals surface area contributed by atoms with E-state index in [1.807, 2.05) is 17.4 Å². The van der Waals surface area contributed by atoms with Gasteiger partial charge in [0.15, 0.2) is 0 Å². The van der Waals surface area contributed by atoms with Crippen LogP contribution in [0.1, 0.15) is 17.5 Å². The Morgan fingerprint density at radius 3 is 2.95 bits per heavy atom. The average molecular weight is 294 g/mol. The van der Waals surface area contributed by atoms with E-state index in [1.54, 1.807) is 0 Å². The van der Waals surface area contributed by atoms with Gasteiger partial charge in [-0.25, -0.2) is 0 Å². The number of rotatable bonds is 2. The summed E-state index contributed by atoms with van der Waals surface area (Å²) in [6.07, 6.45) is 2.28. The number of hydrogen-bond acceptors (Lipinski definition) is 3. The zero-order valence-electron chi connectivity index (χ0n) is 11.9. The molecule has 0 spiro atoms. The van der Waals surface area contributed by atoms with Crippen molar-refractivity contribution in [2.75, 3.05) is 17.2 Å². The van der Waals surface area contributed by atoms with E-state index in [4.69, 9.17) is 5.73 Å². The van der Waals surface area contributed by atoms with E-state index in [9.17, 15) is 0 Å². The normalized spacial score (nSPS) is 14.4. The number of nitrogens with two attached hydrogens (primary N) is 1. The molecule has 2 nitrogen and oxygen atoms in total. The molecule has 0 fully saturated rings. The molecule has 1 aromatic heterocycles. The van der Waals surface area contributed by atoms with Crippen molar-refractivity contribution >= 4 is 32.8 Å². The van der Waals surface area contributed by atoms with Crippen molar-refractivity contribution in [3.8, 4) is 0 Å². The van der Waals surface area contributed by atoms with Crippen molar-refractivity contribution in [1.82, 2.24) is 0 Å². The summed E-state index contributed by atoms with van der Waals surface area (Å²) in [7, 11) is 0. The third kappa shape index (κ3) is 2.18. The van der Waals surface area contributed by atoms with E-state index in [1.165, 1.54) is 33.3 Å². The van der Waals surface area contributed by atoms with Crippen LogP contribution < -0.4 is 10.6 Å². The first-order valence-corrected chi connectivity index (χ1v) is 8.28. The standard InChI is InChI=1S/C18H18N2S/c19-16-7-3-8-17-15(16)6-4-10-20(17)11-13-12-21-18-9-2-1-5-14(13)18/h1-3,5,7-9,12H,4,6,10-11,19H2. The van der Waals surface area contributed by atoms with Crippen LogP contribution in [0.5, 0.6) is 0 Å². The Morgan fingerprint density at radius 1 is 1.10 bits per heavy atom. The number of nitrogens with zero attached hydrogens (tertiary/aromatic N) is 1. The average Bonchev–Trinajstić information content (AvgIpc) is 2.92. The molecule has 1 aliphatic heterocycles. The quantitative estimate of drug-likeness (QED) is 0.708. The Hall–Kier alpha value is -2.00. The molecule has 21 heavy (non-hydrogen) atoms. The number of nitrogen functional groups attached to an aromatic ring is 1. The van der Waals surface area contributed by atoms with Gasteiger partial charge in [0.1, 0.15) is 0 Å². The minimum absolute atomic E-state index is 0.937. The molecule has 0 saturated heterocycles. The van der Waals surface area contributed by atoms with Gasteiger partial charge in [-0.2, -0.15) is 0 Å². The van der Waals surface area contributed by atoms with Crippen LogP contribution in [0.4, 0.5) is 11.4 Å². The second-order valence-corrected chi connectivity index (χ2v) is 6.54. The molecule has 0 bridgehead atoms. The first-order valence-electron chi connectivity index (χ1n) is 7.40. The summed E-state index contributed by atoms with van der Waals surface area (Å²) in [6.45, 7) is 2.08. The van der Waals surface area contributed by atoms with E-state index in [0.29, 0.717) is 0 Å². The summed E-state index contributed by atoms with van der Waals surface area (Å²) in [6, 6.07) is 15.0. The molecule has 3 aromatic rings. The number of thiophene rings is 1. The van der Waals surface area contributed by atoms with E-state index in [0.717, 1.165) is 25.2 Å². The Labute approximate surface area is 128 Å². The molecule has 0 atom stereocenters. The SMILES string of the molecule is Nc1cccc2c1CCCN2Cc1csc2ccccc12. The predicted molar refractivity (Wildman–Crippen MR) is 92.1 cm³/mol. The Bertz CT molecular complexity index is 791. The van der Waals surface area contributed by atoms with Crippen molar-refractivity contribution < 1.29 is 0 Å². The number of fused-ring (bicyclic) bond motifs is 2. The summed E-state index contributed by atoms with van der Waals surface area (Å²) >= 11 is 1.84. The van der Waals surface area contributed by atoms with Gasteiger partial charge in [-0.05, 0) is 52.9 Å². The summed E-state index contributed by atoms with van der Waals surface area (Å²) < 4.78 is 1.37. The first kappa shape index (κ1) is 12.7. The summed E-state index contributed by atoms with van der Waals surface area (Å²) in [5, 5.41) is 3.68. The monoisotopic (exact) mass is 294 g/mol. The van der Waals surface area contributed by atoms with Gasteiger partial charge >= 0.3 is 0 Å². The maximum atomic E-state index is 6.14. The Balaban J connectivity index is 1.72.